The molecule has 0 aliphatic carbocycles. The number of carbonyl (C=O) groups excluding carboxylic acids is 2. The molecule has 0 aliphatic rings. The van der Waals surface area contributed by atoms with Crippen LogP contribution in [0.5, 0.6) is 0 Å². The number of aliphatic hydroxyl groups excluding tert-OH is 2. The number of aliphatic hydroxyl groups is 2. The molecule has 0 aromatic carbocycles. The zero-order valence-corrected chi connectivity index (χ0v) is 36.8. The topological polar surface area (TPSA) is 130 Å². The molecule has 0 radical (unpaired) electrons. The molecular weight excluding hydrogens is 701 g/mol. The molecule has 320 valence electrons. The number of nitrogens with zero attached hydrogens (tertiary/aromatic N) is 1. The first-order chi connectivity index (χ1) is 25.8. The van der Waals surface area contributed by atoms with Crippen LogP contribution in [-0.4, -0.2) is 83.8 Å². The average molecular weight is 789 g/mol. The van der Waals surface area contributed by atoms with E-state index in [0.717, 1.165) is 51.4 Å². The molecule has 0 aliphatic heterocycles. The fourth-order valence-electron chi connectivity index (χ4n) is 7.01. The predicted molar refractivity (Wildman–Crippen MR) is 225 cm³/mol. The molecule has 0 aromatic rings. The van der Waals surface area contributed by atoms with Crippen LogP contribution < -0.4 is 0 Å². The molecule has 0 saturated heterocycles. The van der Waals surface area contributed by atoms with Crippen molar-refractivity contribution in [3.63, 3.8) is 0 Å². The highest BCUT2D eigenvalue weighted by atomic mass is 31.2. The minimum absolute atomic E-state index is 0.230. The Morgan fingerprint density at radius 1 is 0.648 bits per heavy atom. The van der Waals surface area contributed by atoms with Gasteiger partial charge in [-0.15, -0.1) is 0 Å². The minimum Gasteiger partial charge on any atom is -0.394 e. The number of phosphoric ester groups is 1. The molecule has 5 atom stereocenters. The number of hydrogen-bond acceptors (Lipinski definition) is 7. The Morgan fingerprint density at radius 2 is 1.07 bits per heavy atom. The molecule has 3 N–H and O–H groups in total. The summed E-state index contributed by atoms with van der Waals surface area (Å²) >= 11 is 0. The molecule has 0 spiro atoms. The maximum atomic E-state index is 13.9. The number of phosphoric acid groups is 1. The summed E-state index contributed by atoms with van der Waals surface area (Å²) < 4.78 is 24.4. The quantitative estimate of drug-likeness (QED) is 0.0184. The fraction of sp³-hybridized carbons (Fsp3) is 0.909. The van der Waals surface area contributed by atoms with E-state index in [1.165, 1.54) is 96.3 Å². The van der Waals surface area contributed by atoms with Crippen LogP contribution in [0.25, 0.3) is 0 Å². The lowest BCUT2D eigenvalue weighted by Crippen LogP contribution is -2.44. The second-order valence-corrected chi connectivity index (χ2v) is 18.1. The summed E-state index contributed by atoms with van der Waals surface area (Å²) in [7, 11) is 0.957. The molecule has 0 rings (SSSR count). The molecule has 0 heterocycles. The number of hydrogen-bond donors (Lipinski definition) is 3. The van der Waals surface area contributed by atoms with E-state index in [1.807, 2.05) is 28.1 Å². The molecule has 0 bridgehead atoms. The maximum Gasteiger partial charge on any atom is 0.473 e. The number of ketones is 2. The Kier molecular flexibility index (Phi) is 33.6. The number of Topliss-reactive ketones (excluding diaryl/α,β-unsaturated/α-hetero) is 2. The van der Waals surface area contributed by atoms with Gasteiger partial charge < -0.3 is 19.6 Å². The van der Waals surface area contributed by atoms with Crippen LogP contribution in [-0.2, 0) is 23.2 Å². The van der Waals surface area contributed by atoms with Gasteiger partial charge in [-0.3, -0.25) is 18.6 Å². The van der Waals surface area contributed by atoms with Crippen LogP contribution in [0.15, 0.2) is 12.2 Å². The van der Waals surface area contributed by atoms with Gasteiger partial charge >= 0.3 is 7.82 Å². The molecular formula is C44H87NO8P+. The van der Waals surface area contributed by atoms with Crippen molar-refractivity contribution >= 4 is 19.4 Å². The van der Waals surface area contributed by atoms with Crippen LogP contribution in [0.1, 0.15) is 201 Å². The first-order valence-corrected chi connectivity index (χ1v) is 23.8. The average Bonchev–Trinajstić information content (AvgIpc) is 3.12. The SMILES string of the molecule is CCCCCCCCC=CCCCCCCC(C(=O)CCCCCCCCCCCCCCC)C(=O)C(OP(=O)(O)OC(CC)C[N+](C)(C)C)[C@@H](O)CO. The number of unbranched alkanes of at least 4 members (excludes halogenated alkanes) is 22. The highest BCUT2D eigenvalue weighted by Crippen LogP contribution is 2.47. The Bertz CT molecular complexity index is 984. The van der Waals surface area contributed by atoms with Crippen LogP contribution in [0.3, 0.4) is 0 Å². The van der Waals surface area contributed by atoms with Crippen LogP contribution in [0, 0.1) is 5.92 Å². The highest BCUT2D eigenvalue weighted by Gasteiger charge is 2.42. The zero-order chi connectivity index (χ0) is 40.5. The third-order valence-corrected chi connectivity index (χ3v) is 11.4. The van der Waals surface area contributed by atoms with E-state index in [2.05, 4.69) is 26.0 Å². The lowest BCUT2D eigenvalue weighted by molar-refractivity contribution is -0.873. The Balaban J connectivity index is 5.20. The van der Waals surface area contributed by atoms with Crippen molar-refractivity contribution in [2.24, 2.45) is 5.92 Å². The molecule has 0 aromatic heterocycles. The summed E-state index contributed by atoms with van der Waals surface area (Å²) in [5.74, 6) is -2.07. The Hall–Kier alpha value is -0.930. The number of likely N-dealkylation sites (N-methyl/N-ethyl adjacent to an activating group) is 1. The molecule has 54 heavy (non-hydrogen) atoms. The largest absolute Gasteiger partial charge is 0.473 e. The second-order valence-electron chi connectivity index (χ2n) is 16.8. The fourth-order valence-corrected chi connectivity index (χ4v) is 8.18. The van der Waals surface area contributed by atoms with Gasteiger partial charge in [-0.1, -0.05) is 161 Å². The molecule has 10 heteroatoms. The normalized spacial score (nSPS) is 15.6. The van der Waals surface area contributed by atoms with Gasteiger partial charge in [0.1, 0.15) is 24.5 Å². The lowest BCUT2D eigenvalue weighted by Gasteiger charge is -2.31. The van der Waals surface area contributed by atoms with Gasteiger partial charge in [0.05, 0.1) is 33.7 Å². The predicted octanol–water partition coefficient (Wildman–Crippen LogP) is 11.2. The zero-order valence-electron chi connectivity index (χ0n) is 36.0. The number of quaternary nitrogens is 1. The third-order valence-electron chi connectivity index (χ3n) is 10.3. The number of allylic oxidation sites excluding steroid dienone is 2. The van der Waals surface area contributed by atoms with Gasteiger partial charge in [-0.05, 0) is 44.9 Å². The summed E-state index contributed by atoms with van der Waals surface area (Å²) in [6, 6.07) is 0. The second kappa shape index (κ2) is 34.1. The molecule has 9 nitrogen and oxygen atoms in total. The smallest absolute Gasteiger partial charge is 0.394 e. The van der Waals surface area contributed by atoms with Gasteiger partial charge in [0, 0.05) is 6.42 Å². The van der Waals surface area contributed by atoms with Gasteiger partial charge in [0.2, 0.25) is 0 Å². The van der Waals surface area contributed by atoms with Crippen molar-refractivity contribution in [1.29, 1.82) is 0 Å². The van der Waals surface area contributed by atoms with Crippen LogP contribution >= 0.6 is 7.82 Å². The van der Waals surface area contributed by atoms with E-state index in [4.69, 9.17) is 9.05 Å². The maximum absolute atomic E-state index is 13.9. The molecule has 0 saturated carbocycles. The van der Waals surface area contributed by atoms with Crippen molar-refractivity contribution in [3.8, 4) is 0 Å². The third kappa shape index (κ3) is 30.2. The Labute approximate surface area is 332 Å². The summed E-state index contributed by atoms with van der Waals surface area (Å²) in [6.07, 6.45) is 30.1. The molecule has 4 unspecified atom stereocenters. The van der Waals surface area contributed by atoms with Crippen molar-refractivity contribution in [1.82, 2.24) is 0 Å². The monoisotopic (exact) mass is 789 g/mol. The number of rotatable bonds is 40. The van der Waals surface area contributed by atoms with E-state index in [9.17, 15) is 29.3 Å². The summed E-state index contributed by atoms with van der Waals surface area (Å²) in [6.45, 7) is 5.86. The standard InChI is InChI=1S/C44H86NO8P/c1-7-10-12-14-16-18-20-22-24-25-27-29-31-33-35-40(41(47)36-34-32-30-28-26-23-21-19-17-15-13-11-8-2)43(49)44(42(48)38-46)53-54(50,51)52-39(9-3)37-45(4,5)6/h22,24,39-40,42,44,46,48H,7-21,23,25-38H2,1-6H3/p+1/t39?,40?,42-,44?/m0/s1. The van der Waals surface area contributed by atoms with Crippen molar-refractivity contribution in [2.75, 3.05) is 34.3 Å². The van der Waals surface area contributed by atoms with E-state index >= 15 is 0 Å². The molecule has 0 amide bonds. The van der Waals surface area contributed by atoms with Crippen LogP contribution in [0.4, 0.5) is 0 Å². The van der Waals surface area contributed by atoms with Crippen molar-refractivity contribution in [3.05, 3.63) is 12.2 Å². The van der Waals surface area contributed by atoms with Gasteiger partial charge in [-0.2, -0.15) is 0 Å². The summed E-state index contributed by atoms with van der Waals surface area (Å²) in [5, 5.41) is 20.5. The van der Waals surface area contributed by atoms with Gasteiger partial charge in [0.25, 0.3) is 0 Å². The van der Waals surface area contributed by atoms with Crippen molar-refractivity contribution in [2.45, 2.75) is 219 Å². The Morgan fingerprint density at radius 3 is 1.50 bits per heavy atom. The summed E-state index contributed by atoms with van der Waals surface area (Å²) in [5.41, 5.74) is 0. The van der Waals surface area contributed by atoms with E-state index in [0.29, 0.717) is 30.3 Å². The van der Waals surface area contributed by atoms with Gasteiger partial charge in [0.15, 0.2) is 11.9 Å². The first kappa shape index (κ1) is 53.1. The highest BCUT2D eigenvalue weighted by molar-refractivity contribution is 7.47. The summed E-state index contributed by atoms with van der Waals surface area (Å²) in [4.78, 5) is 38.3. The number of carbonyl (C=O) groups is 2. The van der Waals surface area contributed by atoms with E-state index < -0.39 is 44.4 Å². The minimum atomic E-state index is -4.83. The van der Waals surface area contributed by atoms with Crippen LogP contribution in [0.2, 0.25) is 0 Å². The van der Waals surface area contributed by atoms with Crippen molar-refractivity contribution < 1.29 is 42.8 Å². The van der Waals surface area contributed by atoms with E-state index in [-0.39, 0.29) is 18.6 Å². The first-order valence-electron chi connectivity index (χ1n) is 22.3. The lowest BCUT2D eigenvalue weighted by atomic mass is 9.86. The van der Waals surface area contributed by atoms with E-state index in [1.54, 1.807) is 0 Å². The van der Waals surface area contributed by atoms with Gasteiger partial charge in [-0.25, -0.2) is 4.57 Å². The molecule has 0 fully saturated rings.